The van der Waals surface area contributed by atoms with E-state index in [9.17, 15) is 18.8 Å². The van der Waals surface area contributed by atoms with E-state index in [0.29, 0.717) is 11.3 Å². The van der Waals surface area contributed by atoms with Gasteiger partial charge in [-0.05, 0) is 57.4 Å². The highest BCUT2D eigenvalue weighted by Gasteiger charge is 2.50. The number of halogens is 1. The van der Waals surface area contributed by atoms with Crippen molar-refractivity contribution in [2.75, 3.05) is 11.5 Å². The van der Waals surface area contributed by atoms with Crippen LogP contribution in [-0.4, -0.2) is 45.8 Å². The number of hydrogen-bond acceptors (Lipinski definition) is 5. The number of fused-ring (bicyclic) bond motifs is 1. The quantitative estimate of drug-likeness (QED) is 0.644. The summed E-state index contributed by atoms with van der Waals surface area (Å²) in [6, 6.07) is 5.55. The maximum Gasteiger partial charge on any atom is 0.358 e. The molecule has 0 saturated heterocycles. The third-order valence-corrected chi connectivity index (χ3v) is 6.97. The Balaban J connectivity index is 1.74. The summed E-state index contributed by atoms with van der Waals surface area (Å²) >= 11 is 0. The molecule has 8 nitrogen and oxygen atoms in total. The molecule has 2 aromatic rings. The van der Waals surface area contributed by atoms with Crippen molar-refractivity contribution < 1.29 is 23.5 Å². The van der Waals surface area contributed by atoms with E-state index in [-0.39, 0.29) is 36.5 Å². The molecule has 1 N–H and O–H groups in total. The van der Waals surface area contributed by atoms with Crippen LogP contribution in [0.4, 0.5) is 10.1 Å². The first kappa shape index (κ1) is 24.9. The molecule has 1 aromatic heterocycles. The van der Waals surface area contributed by atoms with Crippen LogP contribution in [-0.2, 0) is 16.1 Å². The van der Waals surface area contributed by atoms with Crippen molar-refractivity contribution in [3.63, 3.8) is 0 Å². The number of nitrogens with one attached hydrogen (secondary N) is 1. The number of amides is 2. The molecule has 188 valence electrons. The average molecular weight is 485 g/mol. The second kappa shape index (κ2) is 10.2. The van der Waals surface area contributed by atoms with E-state index in [1.54, 1.807) is 20.8 Å². The lowest BCUT2D eigenvalue weighted by atomic mass is 9.91. The Bertz CT molecular complexity index is 1120. The molecule has 0 radical (unpaired) electrons. The van der Waals surface area contributed by atoms with Gasteiger partial charge in [-0.25, -0.2) is 9.18 Å². The van der Waals surface area contributed by atoms with E-state index in [4.69, 9.17) is 4.74 Å². The van der Waals surface area contributed by atoms with Gasteiger partial charge in [0.05, 0.1) is 13.2 Å². The minimum atomic E-state index is -1.34. The lowest BCUT2D eigenvalue weighted by Crippen LogP contribution is -2.65. The number of aryl methyl sites for hydroxylation is 1. The number of benzene rings is 1. The number of ether oxygens (including phenoxy) is 1. The molecule has 1 aliphatic carbocycles. The lowest BCUT2D eigenvalue weighted by molar-refractivity contribution is -0.127. The minimum absolute atomic E-state index is 0.00987. The van der Waals surface area contributed by atoms with Crippen molar-refractivity contribution in [3.05, 3.63) is 47.0 Å². The largest absolute Gasteiger partial charge is 0.461 e. The van der Waals surface area contributed by atoms with Gasteiger partial charge in [0.1, 0.15) is 17.1 Å². The SMILES string of the molecule is CCOC(=O)c1cc2n(n1)C[C@@](C)(C(=O)NC1CCCCCCC1)N(c1ccc(F)cc1C)C2=O. The molecule has 9 heteroatoms. The summed E-state index contributed by atoms with van der Waals surface area (Å²) in [6.07, 6.45) is 7.40. The summed E-state index contributed by atoms with van der Waals surface area (Å²) < 4.78 is 20.3. The molecule has 1 aromatic carbocycles. The van der Waals surface area contributed by atoms with Crippen LogP contribution in [0.25, 0.3) is 0 Å². The van der Waals surface area contributed by atoms with E-state index in [0.717, 1.165) is 38.5 Å². The molecule has 0 unspecified atom stereocenters. The molecule has 1 atom stereocenters. The van der Waals surface area contributed by atoms with Gasteiger partial charge in [-0.15, -0.1) is 0 Å². The van der Waals surface area contributed by atoms with Crippen LogP contribution < -0.4 is 10.2 Å². The van der Waals surface area contributed by atoms with Crippen molar-refractivity contribution in [1.82, 2.24) is 15.1 Å². The molecule has 4 rings (SSSR count). The van der Waals surface area contributed by atoms with Gasteiger partial charge in [-0.2, -0.15) is 5.10 Å². The van der Waals surface area contributed by atoms with Crippen LogP contribution in [0.1, 0.15) is 85.3 Å². The normalized spacial score (nSPS) is 21.1. The summed E-state index contributed by atoms with van der Waals surface area (Å²) in [6.45, 7) is 5.31. The number of aromatic nitrogens is 2. The van der Waals surface area contributed by atoms with Gasteiger partial charge in [-0.3, -0.25) is 19.2 Å². The molecule has 0 bridgehead atoms. The lowest BCUT2D eigenvalue weighted by Gasteiger charge is -2.44. The molecule has 0 spiro atoms. The fourth-order valence-electron chi connectivity index (χ4n) is 5.07. The zero-order chi connectivity index (χ0) is 25.2. The zero-order valence-corrected chi connectivity index (χ0v) is 20.6. The van der Waals surface area contributed by atoms with Gasteiger partial charge < -0.3 is 10.1 Å². The number of nitrogens with zero attached hydrogens (tertiary/aromatic N) is 3. The predicted molar refractivity (Wildman–Crippen MR) is 129 cm³/mol. The highest BCUT2D eigenvalue weighted by molar-refractivity contribution is 6.12. The number of carbonyl (C=O) groups excluding carboxylic acids is 3. The average Bonchev–Trinajstić information content (AvgIpc) is 3.21. The molecule has 2 amide bonds. The predicted octanol–water partition coefficient (Wildman–Crippen LogP) is 4.16. The molecular formula is C26H33FN4O4. The zero-order valence-electron chi connectivity index (χ0n) is 20.6. The first-order valence-corrected chi connectivity index (χ1v) is 12.4. The van der Waals surface area contributed by atoms with Crippen LogP contribution in [0, 0.1) is 12.7 Å². The van der Waals surface area contributed by atoms with Crippen LogP contribution in [0.3, 0.4) is 0 Å². The molecular weight excluding hydrogens is 451 g/mol. The highest BCUT2D eigenvalue weighted by Crippen LogP contribution is 2.35. The van der Waals surface area contributed by atoms with Gasteiger partial charge in [0.15, 0.2) is 5.69 Å². The second-order valence-electron chi connectivity index (χ2n) is 9.65. The van der Waals surface area contributed by atoms with E-state index in [2.05, 4.69) is 10.4 Å². The van der Waals surface area contributed by atoms with Gasteiger partial charge in [-0.1, -0.05) is 32.1 Å². The van der Waals surface area contributed by atoms with Gasteiger partial charge in [0.25, 0.3) is 5.91 Å². The molecule has 1 fully saturated rings. The summed E-state index contributed by atoms with van der Waals surface area (Å²) in [5, 5.41) is 7.48. The number of rotatable bonds is 5. The molecule has 2 aliphatic rings. The summed E-state index contributed by atoms with van der Waals surface area (Å²) in [5.74, 6) is -1.83. The van der Waals surface area contributed by atoms with Crippen molar-refractivity contribution in [1.29, 1.82) is 0 Å². The van der Waals surface area contributed by atoms with Gasteiger partial charge >= 0.3 is 5.97 Å². The molecule has 35 heavy (non-hydrogen) atoms. The van der Waals surface area contributed by atoms with E-state index < -0.39 is 23.2 Å². The summed E-state index contributed by atoms with van der Waals surface area (Å²) in [5.41, 5.74) is -0.185. The number of esters is 1. The van der Waals surface area contributed by atoms with Crippen molar-refractivity contribution in [2.45, 2.75) is 83.8 Å². The van der Waals surface area contributed by atoms with E-state index in [1.165, 1.54) is 40.3 Å². The standard InChI is InChI=1S/C26H33FN4O4/c1-4-35-24(33)20-15-22-23(32)31(21-13-12-18(27)14-17(21)2)26(3,16-30(22)29-20)25(34)28-19-10-8-6-5-7-9-11-19/h12-15,19H,4-11,16H2,1-3H3,(H,28,34)/t26-/m0/s1. The topological polar surface area (TPSA) is 93.5 Å². The number of carbonyl (C=O) groups is 3. The molecule has 1 saturated carbocycles. The van der Waals surface area contributed by atoms with Gasteiger partial charge in [0.2, 0.25) is 5.91 Å². The fourth-order valence-corrected chi connectivity index (χ4v) is 5.07. The van der Waals surface area contributed by atoms with Crippen molar-refractivity contribution in [2.24, 2.45) is 0 Å². The fraction of sp³-hybridized carbons (Fsp3) is 0.538. The van der Waals surface area contributed by atoms with Crippen LogP contribution >= 0.6 is 0 Å². The highest BCUT2D eigenvalue weighted by atomic mass is 19.1. The Labute approximate surface area is 204 Å². The Hall–Kier alpha value is -3.23. The van der Waals surface area contributed by atoms with E-state index >= 15 is 0 Å². The maximum absolute atomic E-state index is 13.9. The monoisotopic (exact) mass is 484 g/mol. The Morgan fingerprint density at radius 2 is 1.86 bits per heavy atom. The van der Waals surface area contributed by atoms with Gasteiger partial charge in [0, 0.05) is 17.8 Å². The summed E-state index contributed by atoms with van der Waals surface area (Å²) in [4.78, 5) is 41.3. The summed E-state index contributed by atoms with van der Waals surface area (Å²) in [7, 11) is 0. The Kier molecular flexibility index (Phi) is 7.23. The third kappa shape index (κ3) is 4.94. The smallest absolute Gasteiger partial charge is 0.358 e. The minimum Gasteiger partial charge on any atom is -0.461 e. The van der Waals surface area contributed by atoms with Crippen LogP contribution in [0.15, 0.2) is 24.3 Å². The number of hydrogen-bond donors (Lipinski definition) is 1. The number of anilines is 1. The Morgan fingerprint density at radius 3 is 2.51 bits per heavy atom. The van der Waals surface area contributed by atoms with Crippen LogP contribution in [0.2, 0.25) is 0 Å². The van der Waals surface area contributed by atoms with Crippen LogP contribution in [0.5, 0.6) is 0 Å². The first-order valence-electron chi connectivity index (χ1n) is 12.4. The first-order chi connectivity index (χ1) is 16.7. The maximum atomic E-state index is 13.9. The third-order valence-electron chi connectivity index (χ3n) is 6.97. The Morgan fingerprint density at radius 1 is 1.17 bits per heavy atom. The van der Waals surface area contributed by atoms with Crippen molar-refractivity contribution >= 4 is 23.5 Å². The molecule has 2 heterocycles. The second-order valence-corrected chi connectivity index (χ2v) is 9.65. The van der Waals surface area contributed by atoms with Crippen molar-refractivity contribution in [3.8, 4) is 0 Å². The molecule has 1 aliphatic heterocycles. The van der Waals surface area contributed by atoms with E-state index in [1.807, 2.05) is 0 Å².